The summed E-state index contributed by atoms with van der Waals surface area (Å²) in [6, 6.07) is 11.1. The van der Waals surface area contributed by atoms with Crippen molar-refractivity contribution < 1.29 is 18.0 Å². The molecule has 0 saturated carbocycles. The van der Waals surface area contributed by atoms with Crippen LogP contribution in [-0.4, -0.2) is 15.9 Å². The van der Waals surface area contributed by atoms with Crippen molar-refractivity contribution in [3.05, 3.63) is 77.7 Å². The number of alkyl halides is 3. The average molecular weight is 367 g/mol. The number of rotatable bonds is 3. The molecule has 0 bridgehead atoms. The molecular weight excluding hydrogens is 355 g/mol. The highest BCUT2D eigenvalue weighted by atomic mass is 19.4. The van der Waals surface area contributed by atoms with Gasteiger partial charge < -0.3 is 5.32 Å². The minimum absolute atomic E-state index is 0.0356. The Balaban J connectivity index is 1.80. The standard InChI is InChI=1S/C20H12F3N3O/c1-2-13-3-9-16(10-4-13)25-19(27)18-12-24-11-17(26-18)14-5-7-15(8-6-14)20(21,22)23/h1,3-12H,(H,25,27). The van der Waals surface area contributed by atoms with Crippen LogP contribution < -0.4 is 5.32 Å². The van der Waals surface area contributed by atoms with Crippen LogP contribution in [0.25, 0.3) is 11.3 Å². The van der Waals surface area contributed by atoms with Crippen LogP contribution in [0.1, 0.15) is 21.6 Å². The first-order valence-corrected chi connectivity index (χ1v) is 7.74. The van der Waals surface area contributed by atoms with Crippen molar-refractivity contribution in [2.75, 3.05) is 5.32 Å². The summed E-state index contributed by atoms with van der Waals surface area (Å²) in [6.45, 7) is 0. The van der Waals surface area contributed by atoms with Crippen LogP contribution in [0.5, 0.6) is 0 Å². The number of terminal acetylenes is 1. The van der Waals surface area contributed by atoms with Gasteiger partial charge in [0.2, 0.25) is 0 Å². The molecule has 1 N–H and O–H groups in total. The first-order chi connectivity index (χ1) is 12.9. The maximum Gasteiger partial charge on any atom is 0.416 e. The predicted octanol–water partition coefficient (Wildman–Crippen LogP) is 4.40. The molecule has 0 radical (unpaired) electrons. The molecule has 0 aliphatic carbocycles. The average Bonchev–Trinajstić information content (AvgIpc) is 2.68. The molecule has 1 heterocycles. The number of amides is 1. The maximum atomic E-state index is 12.7. The van der Waals surface area contributed by atoms with Gasteiger partial charge in [0.05, 0.1) is 23.7 Å². The molecule has 3 aromatic rings. The van der Waals surface area contributed by atoms with E-state index >= 15 is 0 Å². The van der Waals surface area contributed by atoms with E-state index in [4.69, 9.17) is 6.42 Å². The van der Waals surface area contributed by atoms with Gasteiger partial charge in [-0.05, 0) is 36.4 Å². The van der Waals surface area contributed by atoms with Gasteiger partial charge in [0.25, 0.3) is 5.91 Å². The van der Waals surface area contributed by atoms with Gasteiger partial charge in [-0.15, -0.1) is 6.42 Å². The minimum Gasteiger partial charge on any atom is -0.321 e. The Labute approximate surface area is 153 Å². The van der Waals surface area contributed by atoms with Gasteiger partial charge in [-0.1, -0.05) is 18.1 Å². The molecule has 0 atom stereocenters. The van der Waals surface area contributed by atoms with E-state index in [9.17, 15) is 18.0 Å². The van der Waals surface area contributed by atoms with Crippen LogP contribution >= 0.6 is 0 Å². The van der Waals surface area contributed by atoms with E-state index in [1.165, 1.54) is 24.5 Å². The van der Waals surface area contributed by atoms with Gasteiger partial charge in [-0.25, -0.2) is 4.98 Å². The zero-order valence-corrected chi connectivity index (χ0v) is 13.8. The van der Waals surface area contributed by atoms with Crippen LogP contribution in [0, 0.1) is 12.3 Å². The molecule has 1 aromatic heterocycles. The molecule has 3 rings (SSSR count). The molecule has 0 aliphatic heterocycles. The highest BCUT2D eigenvalue weighted by Crippen LogP contribution is 2.30. The van der Waals surface area contributed by atoms with Crippen molar-refractivity contribution in [2.24, 2.45) is 0 Å². The fraction of sp³-hybridized carbons (Fsp3) is 0.0500. The van der Waals surface area contributed by atoms with Crippen molar-refractivity contribution in [1.82, 2.24) is 9.97 Å². The van der Waals surface area contributed by atoms with Crippen molar-refractivity contribution in [3.63, 3.8) is 0 Å². The number of hydrogen-bond acceptors (Lipinski definition) is 3. The second kappa shape index (κ2) is 7.30. The van der Waals surface area contributed by atoms with E-state index < -0.39 is 17.6 Å². The molecule has 0 saturated heterocycles. The van der Waals surface area contributed by atoms with Crippen molar-refractivity contribution in [1.29, 1.82) is 0 Å². The lowest BCUT2D eigenvalue weighted by Gasteiger charge is -2.08. The van der Waals surface area contributed by atoms with Crippen molar-refractivity contribution >= 4 is 11.6 Å². The highest BCUT2D eigenvalue weighted by molar-refractivity contribution is 6.02. The molecule has 0 aliphatic rings. The molecule has 134 valence electrons. The van der Waals surface area contributed by atoms with Crippen LogP contribution in [0.4, 0.5) is 18.9 Å². The Kier molecular flexibility index (Phi) is 4.90. The number of nitrogens with one attached hydrogen (secondary N) is 1. The van der Waals surface area contributed by atoms with Gasteiger partial charge in [-0.3, -0.25) is 9.78 Å². The van der Waals surface area contributed by atoms with Gasteiger partial charge in [-0.2, -0.15) is 13.2 Å². The molecule has 4 nitrogen and oxygen atoms in total. The van der Waals surface area contributed by atoms with Gasteiger partial charge >= 0.3 is 6.18 Å². The minimum atomic E-state index is -4.42. The third-order valence-electron chi connectivity index (χ3n) is 3.68. The number of anilines is 1. The highest BCUT2D eigenvalue weighted by Gasteiger charge is 2.30. The number of nitrogens with zero attached hydrogens (tertiary/aromatic N) is 2. The number of aromatic nitrogens is 2. The molecule has 2 aromatic carbocycles. The fourth-order valence-corrected chi connectivity index (χ4v) is 2.29. The topological polar surface area (TPSA) is 54.9 Å². The van der Waals surface area contributed by atoms with E-state index in [0.717, 1.165) is 12.1 Å². The summed E-state index contributed by atoms with van der Waals surface area (Å²) in [5.41, 5.74) is 1.19. The summed E-state index contributed by atoms with van der Waals surface area (Å²) < 4.78 is 38.0. The number of halogens is 3. The van der Waals surface area contributed by atoms with Crippen LogP contribution in [0.3, 0.4) is 0 Å². The third-order valence-corrected chi connectivity index (χ3v) is 3.68. The molecular formula is C20H12F3N3O. The monoisotopic (exact) mass is 367 g/mol. The molecule has 1 amide bonds. The lowest BCUT2D eigenvalue weighted by Crippen LogP contribution is -2.14. The Bertz CT molecular complexity index is 1000. The van der Waals surface area contributed by atoms with Crippen molar-refractivity contribution in [3.8, 4) is 23.6 Å². The van der Waals surface area contributed by atoms with Gasteiger partial charge in [0.1, 0.15) is 5.69 Å². The maximum absolute atomic E-state index is 12.7. The van der Waals surface area contributed by atoms with E-state index in [1.807, 2.05) is 0 Å². The van der Waals surface area contributed by atoms with Crippen LogP contribution in [0.2, 0.25) is 0 Å². The van der Waals surface area contributed by atoms with Gasteiger partial charge in [0, 0.05) is 16.8 Å². The Morgan fingerprint density at radius 1 is 1.00 bits per heavy atom. The fourth-order valence-electron chi connectivity index (χ4n) is 2.29. The second-order valence-corrected chi connectivity index (χ2v) is 5.54. The summed E-state index contributed by atoms with van der Waals surface area (Å²) in [7, 11) is 0. The smallest absolute Gasteiger partial charge is 0.321 e. The molecule has 0 fully saturated rings. The number of carbonyl (C=O) groups excluding carboxylic acids is 1. The SMILES string of the molecule is C#Cc1ccc(NC(=O)c2cncc(-c3ccc(C(F)(F)F)cc3)n2)cc1. The largest absolute Gasteiger partial charge is 0.416 e. The number of carbonyl (C=O) groups is 1. The third kappa shape index (κ3) is 4.30. The lowest BCUT2D eigenvalue weighted by atomic mass is 10.1. The molecule has 7 heteroatoms. The number of hydrogen-bond donors (Lipinski definition) is 1. The lowest BCUT2D eigenvalue weighted by molar-refractivity contribution is -0.137. The van der Waals surface area contributed by atoms with E-state index in [1.54, 1.807) is 24.3 Å². The Morgan fingerprint density at radius 3 is 2.26 bits per heavy atom. The first kappa shape index (κ1) is 18.1. The second-order valence-electron chi connectivity index (χ2n) is 5.54. The summed E-state index contributed by atoms with van der Waals surface area (Å²) in [6.07, 6.45) is 3.52. The zero-order chi connectivity index (χ0) is 19.4. The Morgan fingerprint density at radius 2 is 1.67 bits per heavy atom. The molecule has 0 unspecified atom stereocenters. The Hall–Kier alpha value is -3.66. The number of benzene rings is 2. The van der Waals surface area contributed by atoms with Crippen molar-refractivity contribution in [2.45, 2.75) is 6.18 Å². The van der Waals surface area contributed by atoms with E-state index in [2.05, 4.69) is 21.2 Å². The van der Waals surface area contributed by atoms with E-state index in [0.29, 0.717) is 22.5 Å². The molecule has 27 heavy (non-hydrogen) atoms. The predicted molar refractivity (Wildman–Crippen MR) is 94.8 cm³/mol. The summed E-state index contributed by atoms with van der Waals surface area (Å²) >= 11 is 0. The summed E-state index contributed by atoms with van der Waals surface area (Å²) in [5, 5.41) is 2.66. The van der Waals surface area contributed by atoms with Crippen LogP contribution in [-0.2, 0) is 6.18 Å². The summed E-state index contributed by atoms with van der Waals surface area (Å²) in [5.74, 6) is 1.98. The molecule has 0 spiro atoms. The first-order valence-electron chi connectivity index (χ1n) is 7.74. The quantitative estimate of drug-likeness (QED) is 0.699. The zero-order valence-electron chi connectivity index (χ0n) is 13.8. The normalized spacial score (nSPS) is 10.9. The van der Waals surface area contributed by atoms with Gasteiger partial charge in [0.15, 0.2) is 0 Å². The van der Waals surface area contributed by atoms with Crippen LogP contribution in [0.15, 0.2) is 60.9 Å². The van der Waals surface area contributed by atoms with E-state index in [-0.39, 0.29) is 5.69 Å². The summed E-state index contributed by atoms with van der Waals surface area (Å²) in [4.78, 5) is 20.5.